The van der Waals surface area contributed by atoms with Crippen molar-refractivity contribution < 1.29 is 79.8 Å². The van der Waals surface area contributed by atoms with E-state index in [0.29, 0.717) is 0 Å². The molecular weight excluding hydrogens is 576 g/mol. The van der Waals surface area contributed by atoms with E-state index < -0.39 is 97.0 Å². The molecule has 0 N–H and O–H groups in total. The molecule has 0 aliphatic heterocycles. The monoisotopic (exact) mass is 596 g/mol. The molecule has 5 atom stereocenters. The summed E-state index contributed by atoms with van der Waals surface area (Å²) >= 11 is 0. The van der Waals surface area contributed by atoms with Crippen LogP contribution in [0, 0.1) is 29.1 Å². The summed E-state index contributed by atoms with van der Waals surface area (Å²) in [6, 6.07) is 0. The van der Waals surface area contributed by atoms with E-state index in [2.05, 4.69) is 4.74 Å². The maximum Gasteiger partial charge on any atom is 0.405 e. The number of esters is 1. The number of rotatable bonds is 9. The van der Waals surface area contributed by atoms with Crippen LogP contribution in [-0.4, -0.2) is 54.5 Å². The van der Waals surface area contributed by atoms with Gasteiger partial charge in [-0.15, -0.1) is 0 Å². The first-order valence-corrected chi connectivity index (χ1v) is 10.8. The number of carbonyl (C=O) groups is 1. The maximum absolute atomic E-state index is 14.0. The van der Waals surface area contributed by atoms with Crippen LogP contribution in [-0.2, 0) is 9.53 Å². The molecule has 5 unspecified atom stereocenters. The topological polar surface area (TPSA) is 26.3 Å². The molecule has 0 amide bonds. The Labute approximate surface area is 204 Å². The van der Waals surface area contributed by atoms with Gasteiger partial charge in [-0.2, -0.15) is 70.2 Å². The quantitative estimate of drug-likeness (QED) is 0.200. The van der Waals surface area contributed by atoms with E-state index in [1.54, 1.807) is 6.92 Å². The van der Waals surface area contributed by atoms with Crippen molar-refractivity contribution in [1.82, 2.24) is 0 Å². The third-order valence-electron chi connectivity index (χ3n) is 7.56. The third kappa shape index (κ3) is 5.24. The number of halogens is 16. The van der Waals surface area contributed by atoms with E-state index in [9.17, 15) is 75.0 Å². The van der Waals surface area contributed by atoms with Crippen LogP contribution >= 0.6 is 0 Å². The van der Waals surface area contributed by atoms with Gasteiger partial charge in [-0.05, 0) is 36.5 Å². The van der Waals surface area contributed by atoms with Crippen molar-refractivity contribution in [3.8, 4) is 0 Å². The Morgan fingerprint density at radius 2 is 1.18 bits per heavy atom. The molecule has 0 aromatic rings. The summed E-state index contributed by atoms with van der Waals surface area (Å²) in [4.78, 5) is 12.3. The van der Waals surface area contributed by atoms with Gasteiger partial charge >= 0.3 is 47.9 Å². The molecule has 0 aromatic carbocycles. The molecule has 0 heterocycles. The first kappa shape index (κ1) is 32.6. The predicted octanol–water partition coefficient (Wildman–Crippen LogP) is 7.91. The zero-order valence-electron chi connectivity index (χ0n) is 19.2. The van der Waals surface area contributed by atoms with Crippen LogP contribution in [0.3, 0.4) is 0 Å². The second-order valence-electron chi connectivity index (χ2n) is 9.93. The number of hydrogen-bond donors (Lipinski definition) is 0. The SMILES string of the molecule is CC1C2CC(C1C)C(C(=O)OCC(F)(F)C(F)(F)CC(F)(F)C(F)(F)C(F)(F)CC(F)(F)F)(C(F)(F)F)C2. The lowest BCUT2D eigenvalue weighted by Crippen LogP contribution is -2.59. The summed E-state index contributed by atoms with van der Waals surface area (Å²) < 4.78 is 218. The Hall–Kier alpha value is -1.65. The van der Waals surface area contributed by atoms with E-state index >= 15 is 0 Å². The predicted molar refractivity (Wildman–Crippen MR) is 94.0 cm³/mol. The molecule has 2 aliphatic carbocycles. The summed E-state index contributed by atoms with van der Waals surface area (Å²) in [6.07, 6.45) is -20.8. The minimum atomic E-state index is -7.22. The van der Waals surface area contributed by atoms with Crippen LogP contribution in [0.5, 0.6) is 0 Å². The molecule has 2 bridgehead atoms. The highest BCUT2D eigenvalue weighted by Crippen LogP contribution is 2.66. The standard InChI is InChI=1S/C20H20F16O2/c1-8-9(2)11-3-10(8)4-13(11,20(34,35)36)12(37)38-7-17(27,28)14(21,22)5-15(23,24)19(32,33)16(25,26)6-18(29,30)31/h8-11H,3-7H2,1-2H3. The summed E-state index contributed by atoms with van der Waals surface area (Å²) in [6.45, 7) is -0.162. The van der Waals surface area contributed by atoms with Crippen molar-refractivity contribution in [3.63, 3.8) is 0 Å². The number of alkyl halides is 16. The van der Waals surface area contributed by atoms with Gasteiger partial charge in [0.1, 0.15) is 6.42 Å². The van der Waals surface area contributed by atoms with E-state index in [-0.39, 0.29) is 12.3 Å². The summed E-state index contributed by atoms with van der Waals surface area (Å²) in [5, 5.41) is 0. The lowest BCUT2D eigenvalue weighted by Gasteiger charge is -2.42. The van der Waals surface area contributed by atoms with Crippen LogP contribution < -0.4 is 0 Å². The lowest BCUT2D eigenvalue weighted by molar-refractivity contribution is -0.351. The Balaban J connectivity index is 2.25. The van der Waals surface area contributed by atoms with Gasteiger partial charge in [-0.25, -0.2) is 0 Å². The smallest absolute Gasteiger partial charge is 0.405 e. The third-order valence-corrected chi connectivity index (χ3v) is 7.56. The van der Waals surface area contributed by atoms with Gasteiger partial charge in [0.05, 0.1) is 6.42 Å². The number of carbonyl (C=O) groups excluding carboxylic acids is 1. The van der Waals surface area contributed by atoms with Crippen molar-refractivity contribution in [3.05, 3.63) is 0 Å². The van der Waals surface area contributed by atoms with E-state index in [4.69, 9.17) is 0 Å². The largest absolute Gasteiger partial charge is 0.458 e. The van der Waals surface area contributed by atoms with E-state index in [1.807, 2.05) is 0 Å². The molecule has 18 heteroatoms. The zero-order chi connectivity index (χ0) is 30.1. The van der Waals surface area contributed by atoms with Crippen LogP contribution in [0.2, 0.25) is 0 Å². The fraction of sp³-hybridized carbons (Fsp3) is 0.950. The van der Waals surface area contributed by atoms with Crippen molar-refractivity contribution in [1.29, 1.82) is 0 Å². The van der Waals surface area contributed by atoms with Gasteiger partial charge < -0.3 is 4.74 Å². The van der Waals surface area contributed by atoms with Gasteiger partial charge in [-0.1, -0.05) is 13.8 Å². The summed E-state index contributed by atoms with van der Waals surface area (Å²) in [5.41, 5.74) is -3.41. The summed E-state index contributed by atoms with van der Waals surface area (Å²) in [7, 11) is 0. The fourth-order valence-electron chi connectivity index (χ4n) is 5.25. The van der Waals surface area contributed by atoms with Gasteiger partial charge in [0.25, 0.3) is 0 Å². The molecule has 2 fully saturated rings. The van der Waals surface area contributed by atoms with E-state index in [1.165, 1.54) is 6.92 Å². The van der Waals surface area contributed by atoms with Crippen LogP contribution in [0.15, 0.2) is 0 Å². The van der Waals surface area contributed by atoms with Crippen LogP contribution in [0.1, 0.15) is 39.5 Å². The van der Waals surface area contributed by atoms with Gasteiger partial charge in [0.15, 0.2) is 12.0 Å². The molecular formula is C20H20F16O2. The number of hydrogen-bond acceptors (Lipinski definition) is 2. The molecule has 0 aromatic heterocycles. The molecule has 38 heavy (non-hydrogen) atoms. The zero-order valence-corrected chi connectivity index (χ0v) is 19.2. The molecule has 2 rings (SSSR count). The molecule has 0 radical (unpaired) electrons. The lowest BCUT2D eigenvalue weighted by atomic mass is 9.65. The second-order valence-corrected chi connectivity index (χ2v) is 9.93. The van der Waals surface area contributed by atoms with E-state index in [0.717, 1.165) is 0 Å². The van der Waals surface area contributed by atoms with Crippen molar-refractivity contribution in [2.24, 2.45) is 29.1 Å². The molecule has 0 spiro atoms. The van der Waals surface area contributed by atoms with Gasteiger partial charge in [0, 0.05) is 0 Å². The minimum Gasteiger partial charge on any atom is -0.458 e. The van der Waals surface area contributed by atoms with Gasteiger partial charge in [-0.3, -0.25) is 4.79 Å². The highest BCUT2D eigenvalue weighted by atomic mass is 19.4. The Morgan fingerprint density at radius 1 is 0.711 bits per heavy atom. The van der Waals surface area contributed by atoms with Crippen molar-refractivity contribution in [2.75, 3.05) is 6.61 Å². The average Bonchev–Trinajstić information content (AvgIpc) is 3.20. The second kappa shape index (κ2) is 9.20. The molecule has 0 saturated heterocycles. The number of fused-ring (bicyclic) bond motifs is 2. The minimum absolute atomic E-state index is 0.197. The molecule has 2 nitrogen and oxygen atoms in total. The maximum atomic E-state index is 14.0. The highest BCUT2D eigenvalue weighted by molar-refractivity contribution is 5.79. The number of ether oxygens (including phenoxy) is 1. The normalized spacial score (nSPS) is 29.6. The Bertz CT molecular complexity index is 890. The fourth-order valence-corrected chi connectivity index (χ4v) is 5.25. The van der Waals surface area contributed by atoms with Crippen LogP contribution in [0.4, 0.5) is 70.2 Å². The molecule has 2 saturated carbocycles. The Kier molecular flexibility index (Phi) is 7.88. The van der Waals surface area contributed by atoms with Gasteiger partial charge in [0.2, 0.25) is 0 Å². The van der Waals surface area contributed by atoms with Crippen LogP contribution in [0.25, 0.3) is 0 Å². The summed E-state index contributed by atoms with van der Waals surface area (Å²) in [5.74, 6) is -39.2. The Morgan fingerprint density at radius 3 is 1.58 bits per heavy atom. The van der Waals surface area contributed by atoms with Crippen molar-refractivity contribution in [2.45, 2.75) is 81.5 Å². The molecule has 224 valence electrons. The van der Waals surface area contributed by atoms with Crippen molar-refractivity contribution >= 4 is 5.97 Å². The molecule has 2 aliphatic rings. The highest BCUT2D eigenvalue weighted by Gasteiger charge is 2.77. The average molecular weight is 596 g/mol. The first-order valence-electron chi connectivity index (χ1n) is 10.8. The first-order chi connectivity index (χ1) is 16.6.